The van der Waals surface area contributed by atoms with E-state index in [-0.39, 0.29) is 6.04 Å². The van der Waals surface area contributed by atoms with Crippen LogP contribution in [0.15, 0.2) is 16.7 Å². The van der Waals surface area contributed by atoms with Gasteiger partial charge >= 0.3 is 0 Å². The van der Waals surface area contributed by atoms with Crippen molar-refractivity contribution in [3.63, 3.8) is 0 Å². The first-order chi connectivity index (χ1) is 5.66. The molecule has 1 atom stereocenters. The van der Waals surface area contributed by atoms with Gasteiger partial charge in [-0.15, -0.1) is 0 Å². The smallest absolute Gasteiger partial charge is 0.143 e. The Labute approximate surface area is 84.2 Å². The van der Waals surface area contributed by atoms with Gasteiger partial charge in [-0.1, -0.05) is 11.6 Å². The van der Waals surface area contributed by atoms with Crippen molar-refractivity contribution >= 4 is 27.5 Å². The number of rotatable bonds is 2. The lowest BCUT2D eigenvalue weighted by Gasteiger charge is -2.10. The van der Waals surface area contributed by atoms with Crippen LogP contribution >= 0.6 is 27.5 Å². The molecular formula is C7H9BrClN3. The molecule has 0 aromatic carbocycles. The molecule has 66 valence electrons. The van der Waals surface area contributed by atoms with Crippen molar-refractivity contribution < 1.29 is 0 Å². The Balaban J connectivity index is 3.07. The van der Waals surface area contributed by atoms with Crippen LogP contribution in [0.4, 0.5) is 0 Å². The Morgan fingerprint density at radius 3 is 2.92 bits per heavy atom. The van der Waals surface area contributed by atoms with E-state index in [4.69, 9.17) is 23.1 Å². The Bertz CT molecular complexity index is 279. The molecule has 0 spiro atoms. The van der Waals surface area contributed by atoms with Crippen LogP contribution in [0, 0.1) is 0 Å². The maximum Gasteiger partial charge on any atom is 0.143 e. The van der Waals surface area contributed by atoms with Crippen molar-refractivity contribution in [2.24, 2.45) is 11.5 Å². The first-order valence-corrected chi connectivity index (χ1v) is 4.59. The van der Waals surface area contributed by atoms with Crippen molar-refractivity contribution in [1.29, 1.82) is 0 Å². The van der Waals surface area contributed by atoms with Gasteiger partial charge in [-0.2, -0.15) is 0 Å². The van der Waals surface area contributed by atoms with Crippen LogP contribution in [0.2, 0.25) is 5.15 Å². The van der Waals surface area contributed by atoms with Gasteiger partial charge in [-0.3, -0.25) is 0 Å². The third kappa shape index (κ3) is 1.95. The molecule has 0 aliphatic carbocycles. The van der Waals surface area contributed by atoms with Crippen molar-refractivity contribution in [2.45, 2.75) is 6.04 Å². The molecule has 1 unspecified atom stereocenters. The van der Waals surface area contributed by atoms with Gasteiger partial charge in [0, 0.05) is 18.8 Å². The summed E-state index contributed by atoms with van der Waals surface area (Å²) in [7, 11) is 0. The minimum atomic E-state index is -0.195. The third-order valence-corrected chi connectivity index (χ3v) is 2.88. The van der Waals surface area contributed by atoms with Crippen molar-refractivity contribution in [3.05, 3.63) is 27.5 Å². The monoisotopic (exact) mass is 249 g/mol. The molecule has 0 amide bonds. The maximum absolute atomic E-state index is 5.76. The average Bonchev–Trinajstić information content (AvgIpc) is 2.08. The first kappa shape index (κ1) is 9.92. The lowest BCUT2D eigenvalue weighted by atomic mass is 10.1. The van der Waals surface area contributed by atoms with Gasteiger partial charge in [0.25, 0.3) is 0 Å². The van der Waals surface area contributed by atoms with Crippen molar-refractivity contribution in [3.8, 4) is 0 Å². The summed E-state index contributed by atoms with van der Waals surface area (Å²) in [6, 6.07) is 1.60. The zero-order valence-corrected chi connectivity index (χ0v) is 8.64. The predicted octanol–water partition coefficient (Wildman–Crippen LogP) is 1.46. The lowest BCUT2D eigenvalue weighted by molar-refractivity contribution is 0.732. The van der Waals surface area contributed by atoms with Crippen LogP contribution in [0.1, 0.15) is 11.6 Å². The van der Waals surface area contributed by atoms with Gasteiger partial charge in [0.15, 0.2) is 0 Å². The van der Waals surface area contributed by atoms with E-state index in [9.17, 15) is 0 Å². The topological polar surface area (TPSA) is 64.9 Å². The van der Waals surface area contributed by atoms with Crippen LogP contribution < -0.4 is 11.5 Å². The highest BCUT2D eigenvalue weighted by atomic mass is 79.9. The van der Waals surface area contributed by atoms with Crippen molar-refractivity contribution in [1.82, 2.24) is 4.98 Å². The molecule has 0 bridgehead atoms. The normalized spacial score (nSPS) is 13.0. The largest absolute Gasteiger partial charge is 0.329 e. The van der Waals surface area contributed by atoms with Gasteiger partial charge in [-0.05, 0) is 27.6 Å². The number of nitrogens with two attached hydrogens (primary N) is 2. The van der Waals surface area contributed by atoms with E-state index in [1.54, 1.807) is 12.3 Å². The number of aromatic nitrogens is 1. The molecule has 0 aliphatic heterocycles. The first-order valence-electron chi connectivity index (χ1n) is 3.42. The number of hydrogen-bond acceptors (Lipinski definition) is 3. The highest BCUT2D eigenvalue weighted by Crippen LogP contribution is 2.26. The van der Waals surface area contributed by atoms with Gasteiger partial charge in [-0.25, -0.2) is 4.98 Å². The van der Waals surface area contributed by atoms with Gasteiger partial charge in [0.1, 0.15) is 5.15 Å². The fraction of sp³-hybridized carbons (Fsp3) is 0.286. The molecule has 0 saturated carbocycles. The number of hydrogen-bond donors (Lipinski definition) is 2. The number of halogens is 2. The van der Waals surface area contributed by atoms with Crippen LogP contribution in [0.25, 0.3) is 0 Å². The molecule has 1 heterocycles. The van der Waals surface area contributed by atoms with Crippen LogP contribution in [0.5, 0.6) is 0 Å². The van der Waals surface area contributed by atoms with Gasteiger partial charge in [0.05, 0.1) is 4.47 Å². The second kappa shape index (κ2) is 4.18. The van der Waals surface area contributed by atoms with Crippen molar-refractivity contribution in [2.75, 3.05) is 6.54 Å². The minimum absolute atomic E-state index is 0.195. The van der Waals surface area contributed by atoms with E-state index >= 15 is 0 Å². The van der Waals surface area contributed by atoms with E-state index in [1.165, 1.54) is 0 Å². The van der Waals surface area contributed by atoms with Gasteiger partial charge in [0.2, 0.25) is 0 Å². The third-order valence-electron chi connectivity index (χ3n) is 1.53. The Morgan fingerprint density at radius 2 is 2.33 bits per heavy atom. The fourth-order valence-corrected chi connectivity index (χ4v) is 1.54. The molecule has 3 nitrogen and oxygen atoms in total. The standard InChI is InChI=1S/C7H9BrClN3/c8-6-4(5(11)3-10)1-2-12-7(6)9/h1-2,5H,3,10-11H2. The predicted molar refractivity (Wildman–Crippen MR) is 52.9 cm³/mol. The molecule has 1 rings (SSSR count). The molecule has 4 N–H and O–H groups in total. The van der Waals surface area contributed by atoms with E-state index in [0.29, 0.717) is 11.7 Å². The molecule has 1 aromatic heterocycles. The second-order valence-corrected chi connectivity index (χ2v) is 3.50. The Kier molecular flexibility index (Phi) is 3.46. The highest BCUT2D eigenvalue weighted by molar-refractivity contribution is 9.10. The number of pyridine rings is 1. The Hall–Kier alpha value is -0.160. The van der Waals surface area contributed by atoms with Crippen LogP contribution in [-0.4, -0.2) is 11.5 Å². The highest BCUT2D eigenvalue weighted by Gasteiger charge is 2.10. The molecule has 0 saturated heterocycles. The maximum atomic E-state index is 5.76. The molecular weight excluding hydrogens is 241 g/mol. The van der Waals surface area contributed by atoms with E-state index in [0.717, 1.165) is 10.0 Å². The van der Waals surface area contributed by atoms with Crippen LogP contribution in [-0.2, 0) is 0 Å². The molecule has 0 fully saturated rings. The fourth-order valence-electron chi connectivity index (χ4n) is 0.845. The minimum Gasteiger partial charge on any atom is -0.329 e. The number of nitrogens with zero attached hydrogens (tertiary/aromatic N) is 1. The molecule has 1 aromatic rings. The summed E-state index contributed by atoms with van der Waals surface area (Å²) >= 11 is 9.05. The molecule has 0 radical (unpaired) electrons. The summed E-state index contributed by atoms with van der Waals surface area (Å²) in [6.45, 7) is 0.388. The summed E-state index contributed by atoms with van der Waals surface area (Å²) in [6.07, 6.45) is 1.61. The second-order valence-electron chi connectivity index (χ2n) is 2.35. The molecule has 12 heavy (non-hydrogen) atoms. The summed E-state index contributed by atoms with van der Waals surface area (Å²) < 4.78 is 0.726. The summed E-state index contributed by atoms with van der Waals surface area (Å²) in [4.78, 5) is 3.88. The van der Waals surface area contributed by atoms with Gasteiger partial charge < -0.3 is 11.5 Å². The summed E-state index contributed by atoms with van der Waals surface area (Å²) in [5.74, 6) is 0. The lowest BCUT2D eigenvalue weighted by Crippen LogP contribution is -2.21. The zero-order chi connectivity index (χ0) is 9.14. The van der Waals surface area contributed by atoms with Crippen LogP contribution in [0.3, 0.4) is 0 Å². The molecule has 0 aliphatic rings. The summed E-state index contributed by atoms with van der Waals surface area (Å²) in [5.41, 5.74) is 12.0. The SMILES string of the molecule is NCC(N)c1ccnc(Cl)c1Br. The summed E-state index contributed by atoms with van der Waals surface area (Å²) in [5, 5.41) is 0.413. The van der Waals surface area contributed by atoms with E-state index in [1.807, 2.05) is 0 Å². The van der Waals surface area contributed by atoms with E-state index < -0.39 is 0 Å². The molecule has 5 heteroatoms. The Morgan fingerprint density at radius 1 is 1.67 bits per heavy atom. The average molecular weight is 251 g/mol. The zero-order valence-electron chi connectivity index (χ0n) is 6.30. The quantitative estimate of drug-likeness (QED) is 0.781. The van der Waals surface area contributed by atoms with E-state index in [2.05, 4.69) is 20.9 Å².